The Morgan fingerprint density at radius 3 is 2.76 bits per heavy atom. The molecule has 0 aromatic heterocycles. The maximum absolute atomic E-state index is 12.1. The summed E-state index contributed by atoms with van der Waals surface area (Å²) in [6.07, 6.45) is 0. The molecule has 2 N–H and O–H groups in total. The summed E-state index contributed by atoms with van der Waals surface area (Å²) in [5, 5.41) is 6.35. The van der Waals surface area contributed by atoms with E-state index in [1.165, 1.54) is 0 Å². The minimum absolute atomic E-state index is 0.0279. The summed E-state index contributed by atoms with van der Waals surface area (Å²) >= 11 is 0. The van der Waals surface area contributed by atoms with Crippen LogP contribution in [0.25, 0.3) is 0 Å². The first-order valence-corrected chi connectivity index (χ1v) is 7.58. The Balaban J connectivity index is 1.86. The zero-order valence-electron chi connectivity index (χ0n) is 13.1. The Morgan fingerprint density at radius 2 is 2.10 bits per heavy atom. The van der Waals surface area contributed by atoms with Crippen LogP contribution in [0.3, 0.4) is 0 Å². The van der Waals surface area contributed by atoms with Crippen molar-refractivity contribution in [3.8, 4) is 5.75 Å². The highest BCUT2D eigenvalue weighted by Gasteiger charge is 2.23. The number of nitrogens with zero attached hydrogens (tertiary/aromatic N) is 1. The molecule has 1 aliphatic rings. The predicted octanol–water partition coefficient (Wildman–Crippen LogP) is 1.71. The Bertz CT molecular complexity index is 461. The lowest BCUT2D eigenvalue weighted by atomic mass is 10.1. The molecule has 5 nitrogen and oxygen atoms in total. The SMILES string of the molecule is CCOc1ccc(NC(=O)CN2CC(C)NCC2C)cc1. The molecule has 1 amide bonds. The summed E-state index contributed by atoms with van der Waals surface area (Å²) in [7, 11) is 0. The number of hydrogen-bond acceptors (Lipinski definition) is 4. The molecule has 1 aromatic rings. The van der Waals surface area contributed by atoms with Gasteiger partial charge in [0.15, 0.2) is 0 Å². The largest absolute Gasteiger partial charge is 0.494 e. The van der Waals surface area contributed by atoms with E-state index in [0.717, 1.165) is 24.5 Å². The van der Waals surface area contributed by atoms with Crippen LogP contribution in [0.2, 0.25) is 0 Å². The molecule has 0 bridgehead atoms. The van der Waals surface area contributed by atoms with E-state index >= 15 is 0 Å². The maximum atomic E-state index is 12.1. The second-order valence-corrected chi connectivity index (χ2v) is 5.59. The Labute approximate surface area is 126 Å². The summed E-state index contributed by atoms with van der Waals surface area (Å²) in [4.78, 5) is 14.4. The molecule has 2 atom stereocenters. The van der Waals surface area contributed by atoms with Gasteiger partial charge in [0.1, 0.15) is 5.75 Å². The molecule has 1 fully saturated rings. The normalized spacial score (nSPS) is 22.8. The lowest BCUT2D eigenvalue weighted by molar-refractivity contribution is -0.118. The fourth-order valence-corrected chi connectivity index (χ4v) is 2.50. The van der Waals surface area contributed by atoms with Gasteiger partial charge >= 0.3 is 0 Å². The number of hydrogen-bond donors (Lipinski definition) is 2. The summed E-state index contributed by atoms with van der Waals surface area (Å²) in [6, 6.07) is 8.29. The third-order valence-corrected chi connectivity index (χ3v) is 3.69. The molecule has 0 radical (unpaired) electrons. The number of piperazine rings is 1. The highest BCUT2D eigenvalue weighted by atomic mass is 16.5. The second kappa shape index (κ2) is 7.43. The first-order chi connectivity index (χ1) is 10.1. The number of carbonyl (C=O) groups is 1. The van der Waals surface area contributed by atoms with Gasteiger partial charge in [-0.1, -0.05) is 0 Å². The zero-order chi connectivity index (χ0) is 15.2. The van der Waals surface area contributed by atoms with Crippen LogP contribution in [0, 0.1) is 0 Å². The molecule has 5 heteroatoms. The summed E-state index contributed by atoms with van der Waals surface area (Å²) in [6.45, 7) is 9.14. The molecule has 1 aliphatic heterocycles. The zero-order valence-corrected chi connectivity index (χ0v) is 13.1. The van der Waals surface area contributed by atoms with E-state index in [-0.39, 0.29) is 5.91 Å². The van der Waals surface area contributed by atoms with E-state index in [4.69, 9.17) is 4.74 Å². The first-order valence-electron chi connectivity index (χ1n) is 7.58. The van der Waals surface area contributed by atoms with Crippen LogP contribution >= 0.6 is 0 Å². The topological polar surface area (TPSA) is 53.6 Å². The van der Waals surface area contributed by atoms with Crippen molar-refractivity contribution < 1.29 is 9.53 Å². The lowest BCUT2D eigenvalue weighted by Crippen LogP contribution is -2.55. The van der Waals surface area contributed by atoms with E-state index in [9.17, 15) is 4.79 Å². The van der Waals surface area contributed by atoms with Crippen molar-refractivity contribution in [1.82, 2.24) is 10.2 Å². The average Bonchev–Trinajstić information content (AvgIpc) is 2.45. The number of amides is 1. The van der Waals surface area contributed by atoms with Crippen molar-refractivity contribution in [2.45, 2.75) is 32.9 Å². The van der Waals surface area contributed by atoms with Crippen LogP contribution in [0.5, 0.6) is 5.75 Å². The molecule has 1 saturated heterocycles. The first kappa shape index (κ1) is 15.8. The van der Waals surface area contributed by atoms with Crippen molar-refractivity contribution in [3.05, 3.63) is 24.3 Å². The molecular weight excluding hydrogens is 266 g/mol. The highest BCUT2D eigenvalue weighted by molar-refractivity contribution is 5.92. The summed E-state index contributed by atoms with van der Waals surface area (Å²) in [5.74, 6) is 0.847. The monoisotopic (exact) mass is 291 g/mol. The summed E-state index contributed by atoms with van der Waals surface area (Å²) < 4.78 is 5.39. The van der Waals surface area contributed by atoms with Crippen LogP contribution in [0.15, 0.2) is 24.3 Å². The number of carbonyl (C=O) groups excluding carboxylic acids is 1. The third-order valence-electron chi connectivity index (χ3n) is 3.69. The van der Waals surface area contributed by atoms with Crippen LogP contribution in [-0.2, 0) is 4.79 Å². The van der Waals surface area contributed by atoms with Crippen LogP contribution in [0.1, 0.15) is 20.8 Å². The van der Waals surface area contributed by atoms with Crippen LogP contribution < -0.4 is 15.4 Å². The standard InChI is InChI=1S/C16H25N3O2/c1-4-21-15-7-5-14(6-8-15)18-16(20)11-19-10-12(2)17-9-13(19)3/h5-8,12-13,17H,4,9-11H2,1-3H3,(H,18,20). The van der Waals surface area contributed by atoms with Gasteiger partial charge < -0.3 is 15.4 Å². The number of rotatable bonds is 5. The molecule has 2 rings (SSSR count). The molecule has 2 unspecified atom stereocenters. The molecule has 0 saturated carbocycles. The Kier molecular flexibility index (Phi) is 5.59. The minimum atomic E-state index is 0.0279. The molecule has 0 spiro atoms. The van der Waals surface area contributed by atoms with E-state index in [0.29, 0.717) is 25.2 Å². The Hall–Kier alpha value is -1.59. The van der Waals surface area contributed by atoms with Gasteiger partial charge in [0.25, 0.3) is 0 Å². The summed E-state index contributed by atoms with van der Waals surface area (Å²) in [5.41, 5.74) is 0.805. The Morgan fingerprint density at radius 1 is 1.38 bits per heavy atom. The van der Waals surface area contributed by atoms with Gasteiger partial charge in [0.2, 0.25) is 5.91 Å². The van der Waals surface area contributed by atoms with Gasteiger partial charge in [0, 0.05) is 30.9 Å². The average molecular weight is 291 g/mol. The van der Waals surface area contributed by atoms with Crippen molar-refractivity contribution in [2.24, 2.45) is 0 Å². The maximum Gasteiger partial charge on any atom is 0.238 e. The van der Waals surface area contributed by atoms with E-state index < -0.39 is 0 Å². The third kappa shape index (κ3) is 4.72. The number of benzene rings is 1. The van der Waals surface area contributed by atoms with Crippen molar-refractivity contribution in [2.75, 3.05) is 31.6 Å². The van der Waals surface area contributed by atoms with E-state index in [1.807, 2.05) is 31.2 Å². The van der Waals surface area contributed by atoms with Crippen LogP contribution in [-0.4, -0.2) is 49.1 Å². The molecule has 0 aliphatic carbocycles. The van der Waals surface area contributed by atoms with Gasteiger partial charge in [-0.05, 0) is 45.0 Å². The van der Waals surface area contributed by atoms with Crippen molar-refractivity contribution in [3.63, 3.8) is 0 Å². The van der Waals surface area contributed by atoms with E-state index in [2.05, 4.69) is 29.4 Å². The predicted molar refractivity (Wildman–Crippen MR) is 84.7 cm³/mol. The van der Waals surface area contributed by atoms with Gasteiger partial charge in [0.05, 0.1) is 13.2 Å². The van der Waals surface area contributed by atoms with Gasteiger partial charge in [-0.25, -0.2) is 0 Å². The minimum Gasteiger partial charge on any atom is -0.494 e. The van der Waals surface area contributed by atoms with Gasteiger partial charge in [-0.3, -0.25) is 9.69 Å². The van der Waals surface area contributed by atoms with Crippen molar-refractivity contribution in [1.29, 1.82) is 0 Å². The van der Waals surface area contributed by atoms with E-state index in [1.54, 1.807) is 0 Å². The molecular formula is C16H25N3O2. The van der Waals surface area contributed by atoms with Crippen LogP contribution in [0.4, 0.5) is 5.69 Å². The molecule has 116 valence electrons. The number of nitrogens with one attached hydrogen (secondary N) is 2. The quantitative estimate of drug-likeness (QED) is 0.867. The molecule has 1 aromatic carbocycles. The number of ether oxygens (including phenoxy) is 1. The second-order valence-electron chi connectivity index (χ2n) is 5.59. The van der Waals surface area contributed by atoms with Gasteiger partial charge in [-0.2, -0.15) is 0 Å². The number of anilines is 1. The van der Waals surface area contributed by atoms with Crippen molar-refractivity contribution >= 4 is 11.6 Å². The lowest BCUT2D eigenvalue weighted by Gasteiger charge is -2.36. The molecule has 21 heavy (non-hydrogen) atoms. The fourth-order valence-electron chi connectivity index (χ4n) is 2.50. The fraction of sp³-hybridized carbons (Fsp3) is 0.562. The highest BCUT2D eigenvalue weighted by Crippen LogP contribution is 2.16. The smallest absolute Gasteiger partial charge is 0.238 e. The molecule has 1 heterocycles. The van der Waals surface area contributed by atoms with Gasteiger partial charge in [-0.15, -0.1) is 0 Å².